The molecule has 0 spiro atoms. The van der Waals surface area contributed by atoms with Gasteiger partial charge < -0.3 is 36.3 Å². The van der Waals surface area contributed by atoms with Gasteiger partial charge in [0.05, 0.1) is 7.11 Å². The van der Waals surface area contributed by atoms with Crippen molar-refractivity contribution >= 4 is 23.5 Å². The summed E-state index contributed by atoms with van der Waals surface area (Å²) in [7, 11) is 1.60. The third-order valence-corrected chi connectivity index (χ3v) is 6.74. The second-order valence-corrected chi connectivity index (χ2v) is 9.56. The van der Waals surface area contributed by atoms with Crippen LogP contribution in [0.15, 0.2) is 71.7 Å². The lowest BCUT2D eigenvalue weighted by Gasteiger charge is -2.31. The zero-order valence-corrected chi connectivity index (χ0v) is 22.5. The SMILES string of the molecule is COc1ccccc1Oc1cccc(N2CCCCC2)c1CN/C(N)=N/C(=O)c1ccc(C[C@H](N)C(=O)O)cc1. The van der Waals surface area contributed by atoms with Crippen LogP contribution in [0.25, 0.3) is 0 Å². The minimum absolute atomic E-state index is 0.0290. The Balaban J connectivity index is 1.52. The normalized spacial score (nSPS) is 14.3. The molecule has 40 heavy (non-hydrogen) atoms. The van der Waals surface area contributed by atoms with Crippen molar-refractivity contribution in [2.24, 2.45) is 16.5 Å². The zero-order chi connectivity index (χ0) is 28.5. The summed E-state index contributed by atoms with van der Waals surface area (Å²) in [4.78, 5) is 30.1. The topological polar surface area (TPSA) is 152 Å². The van der Waals surface area contributed by atoms with E-state index >= 15 is 0 Å². The van der Waals surface area contributed by atoms with Gasteiger partial charge in [0.15, 0.2) is 17.5 Å². The van der Waals surface area contributed by atoms with Crippen LogP contribution in [0.2, 0.25) is 0 Å². The minimum Gasteiger partial charge on any atom is -0.493 e. The smallest absolute Gasteiger partial charge is 0.320 e. The molecular weight excluding hydrogens is 510 g/mol. The first-order chi connectivity index (χ1) is 19.4. The first-order valence-corrected chi connectivity index (χ1v) is 13.2. The lowest BCUT2D eigenvalue weighted by molar-refractivity contribution is -0.138. The molecule has 10 heteroatoms. The number of piperidine rings is 1. The Morgan fingerprint density at radius 3 is 2.33 bits per heavy atom. The molecule has 0 radical (unpaired) electrons. The number of nitrogens with zero attached hydrogens (tertiary/aromatic N) is 2. The molecule has 0 saturated carbocycles. The van der Waals surface area contributed by atoms with Gasteiger partial charge in [-0.15, -0.1) is 0 Å². The van der Waals surface area contributed by atoms with E-state index in [1.807, 2.05) is 36.4 Å². The maximum atomic E-state index is 12.7. The van der Waals surface area contributed by atoms with Crippen LogP contribution >= 0.6 is 0 Å². The van der Waals surface area contributed by atoms with Crippen molar-refractivity contribution in [2.75, 3.05) is 25.1 Å². The average molecular weight is 546 g/mol. The fourth-order valence-electron chi connectivity index (χ4n) is 4.60. The van der Waals surface area contributed by atoms with Crippen molar-refractivity contribution in [1.29, 1.82) is 0 Å². The van der Waals surface area contributed by atoms with Gasteiger partial charge in [0.1, 0.15) is 11.8 Å². The number of guanidine groups is 1. The summed E-state index contributed by atoms with van der Waals surface area (Å²) in [6.07, 6.45) is 3.59. The van der Waals surface area contributed by atoms with Crippen molar-refractivity contribution in [1.82, 2.24) is 5.32 Å². The highest BCUT2D eigenvalue weighted by Crippen LogP contribution is 2.37. The highest BCUT2D eigenvalue weighted by molar-refractivity contribution is 6.02. The molecule has 1 heterocycles. The number of carboxylic acids is 1. The Morgan fingerprint density at radius 1 is 0.975 bits per heavy atom. The van der Waals surface area contributed by atoms with E-state index in [1.165, 1.54) is 6.42 Å². The number of anilines is 1. The molecular formula is C30H35N5O5. The second kappa shape index (κ2) is 13.5. The number of hydrogen-bond acceptors (Lipinski definition) is 6. The van der Waals surface area contributed by atoms with Crippen LogP contribution in [0.4, 0.5) is 5.69 Å². The number of ether oxygens (including phenoxy) is 2. The van der Waals surface area contributed by atoms with Gasteiger partial charge in [0.2, 0.25) is 0 Å². The standard InChI is InChI=1S/C30H35N5O5/c1-39-26-9-3-4-10-27(26)40-25-11-7-8-24(35-16-5-2-6-17-35)22(25)19-33-30(32)34-28(36)21-14-12-20(13-15-21)18-23(31)29(37)38/h3-4,7-15,23H,2,5-6,16-19,31H2,1H3,(H,37,38)(H3,32,33,34,36)/t23-/m0/s1. The lowest BCUT2D eigenvalue weighted by Crippen LogP contribution is -2.34. The van der Waals surface area contributed by atoms with Gasteiger partial charge >= 0.3 is 5.97 Å². The maximum Gasteiger partial charge on any atom is 0.320 e. The molecule has 10 nitrogen and oxygen atoms in total. The van der Waals surface area contributed by atoms with E-state index in [0.29, 0.717) is 28.4 Å². The quantitative estimate of drug-likeness (QED) is 0.221. The van der Waals surface area contributed by atoms with E-state index < -0.39 is 17.9 Å². The number of rotatable bonds is 10. The van der Waals surface area contributed by atoms with Gasteiger partial charge in [-0.25, -0.2) is 0 Å². The van der Waals surface area contributed by atoms with Crippen molar-refractivity contribution in [3.8, 4) is 17.2 Å². The number of aliphatic imine (C=N–C) groups is 1. The number of carboxylic acid groups (broad SMARTS) is 1. The molecule has 1 fully saturated rings. The minimum atomic E-state index is -1.08. The molecule has 1 atom stereocenters. The van der Waals surface area contributed by atoms with E-state index in [9.17, 15) is 9.59 Å². The number of para-hydroxylation sites is 2. The Morgan fingerprint density at radius 2 is 1.65 bits per heavy atom. The van der Waals surface area contributed by atoms with Gasteiger partial charge in [-0.1, -0.05) is 30.3 Å². The third-order valence-electron chi connectivity index (χ3n) is 6.74. The van der Waals surface area contributed by atoms with Gasteiger partial charge in [-0.3, -0.25) is 9.59 Å². The predicted molar refractivity (Wildman–Crippen MR) is 154 cm³/mol. The Bertz CT molecular complexity index is 1350. The number of aliphatic carboxylic acids is 1. The second-order valence-electron chi connectivity index (χ2n) is 9.56. The van der Waals surface area contributed by atoms with E-state index in [1.54, 1.807) is 31.4 Å². The summed E-state index contributed by atoms with van der Waals surface area (Å²) < 4.78 is 11.8. The predicted octanol–water partition coefficient (Wildman–Crippen LogP) is 3.68. The van der Waals surface area contributed by atoms with E-state index in [0.717, 1.165) is 37.2 Å². The molecule has 1 aliphatic rings. The monoisotopic (exact) mass is 545 g/mol. The summed E-state index contributed by atoms with van der Waals surface area (Å²) in [5.74, 6) is 0.225. The van der Waals surface area contributed by atoms with Crippen LogP contribution in [-0.4, -0.2) is 49.2 Å². The largest absolute Gasteiger partial charge is 0.493 e. The summed E-state index contributed by atoms with van der Waals surface area (Å²) in [6, 6.07) is 18.8. The van der Waals surface area contributed by atoms with E-state index in [2.05, 4.69) is 21.3 Å². The van der Waals surface area contributed by atoms with Crippen molar-refractivity contribution in [3.05, 3.63) is 83.4 Å². The van der Waals surface area contributed by atoms with Crippen LogP contribution < -0.4 is 31.2 Å². The first kappa shape index (κ1) is 28.4. The fraction of sp³-hybridized carbons (Fsp3) is 0.300. The molecule has 0 unspecified atom stereocenters. The molecule has 1 saturated heterocycles. The summed E-state index contributed by atoms with van der Waals surface area (Å²) in [6.45, 7) is 2.17. The van der Waals surface area contributed by atoms with Crippen molar-refractivity contribution < 1.29 is 24.2 Å². The Hall–Kier alpha value is -4.57. The van der Waals surface area contributed by atoms with Crippen molar-refractivity contribution in [3.63, 3.8) is 0 Å². The van der Waals surface area contributed by atoms with Crippen LogP contribution in [0.3, 0.4) is 0 Å². The highest BCUT2D eigenvalue weighted by Gasteiger charge is 2.19. The van der Waals surface area contributed by atoms with Crippen LogP contribution in [0.1, 0.15) is 40.7 Å². The Labute approximate surface area is 233 Å². The number of methoxy groups -OCH3 is 1. The summed E-state index contributed by atoms with van der Waals surface area (Å²) in [5.41, 5.74) is 14.7. The van der Waals surface area contributed by atoms with E-state index in [4.69, 9.17) is 26.0 Å². The summed E-state index contributed by atoms with van der Waals surface area (Å²) >= 11 is 0. The fourth-order valence-corrected chi connectivity index (χ4v) is 4.60. The molecule has 1 aliphatic heterocycles. The zero-order valence-electron chi connectivity index (χ0n) is 22.5. The number of nitrogens with one attached hydrogen (secondary N) is 1. The third kappa shape index (κ3) is 7.29. The van der Waals surface area contributed by atoms with Crippen LogP contribution in [-0.2, 0) is 17.8 Å². The molecule has 3 aromatic rings. The number of carbonyl (C=O) groups excluding carboxylic acids is 1. The summed E-state index contributed by atoms with van der Waals surface area (Å²) in [5, 5.41) is 12.1. The number of carbonyl (C=O) groups is 2. The molecule has 6 N–H and O–H groups in total. The molecule has 4 rings (SSSR count). The van der Waals surface area contributed by atoms with Gasteiger partial charge in [0.25, 0.3) is 5.91 Å². The molecule has 0 bridgehead atoms. The van der Waals surface area contributed by atoms with E-state index in [-0.39, 0.29) is 18.9 Å². The Kier molecular flexibility index (Phi) is 9.58. The molecule has 0 aliphatic carbocycles. The first-order valence-electron chi connectivity index (χ1n) is 13.2. The molecule has 210 valence electrons. The van der Waals surface area contributed by atoms with Crippen LogP contribution in [0, 0.1) is 0 Å². The van der Waals surface area contributed by atoms with Crippen LogP contribution in [0.5, 0.6) is 17.2 Å². The maximum absolute atomic E-state index is 12.7. The number of amides is 1. The van der Waals surface area contributed by atoms with Gasteiger partial charge in [-0.05, 0) is 67.6 Å². The molecule has 1 amide bonds. The lowest BCUT2D eigenvalue weighted by atomic mass is 10.0. The average Bonchev–Trinajstić information content (AvgIpc) is 2.97. The van der Waals surface area contributed by atoms with Gasteiger partial charge in [0, 0.05) is 36.4 Å². The van der Waals surface area contributed by atoms with Gasteiger partial charge in [-0.2, -0.15) is 4.99 Å². The number of nitrogens with two attached hydrogens (primary N) is 2. The number of benzene rings is 3. The van der Waals surface area contributed by atoms with Crippen molar-refractivity contribution in [2.45, 2.75) is 38.3 Å². The highest BCUT2D eigenvalue weighted by atomic mass is 16.5. The number of hydrogen-bond donors (Lipinski definition) is 4. The molecule has 3 aromatic carbocycles. The molecule has 0 aromatic heterocycles.